The number of rotatable bonds is 4. The normalized spacial score (nSPS) is 16.0. The Balaban J connectivity index is 1.38. The van der Waals surface area contributed by atoms with Gasteiger partial charge in [0.2, 0.25) is 0 Å². The summed E-state index contributed by atoms with van der Waals surface area (Å²) in [5, 5.41) is 0. The highest BCUT2D eigenvalue weighted by molar-refractivity contribution is 7.92. The highest BCUT2D eigenvalue weighted by Crippen LogP contribution is 2.36. The zero-order valence-electron chi connectivity index (χ0n) is 17.9. The number of carbonyl (C=O) groups excluding carboxylic acids is 1. The van der Waals surface area contributed by atoms with Crippen molar-refractivity contribution in [1.29, 1.82) is 0 Å². The van der Waals surface area contributed by atoms with Gasteiger partial charge in [-0.05, 0) is 65.6 Å². The summed E-state index contributed by atoms with van der Waals surface area (Å²) >= 11 is 0. The predicted molar refractivity (Wildman–Crippen MR) is 123 cm³/mol. The zero-order chi connectivity index (χ0) is 23.0. The Labute approximate surface area is 192 Å². The molecule has 2 heterocycles. The number of fused-ring (bicyclic) bond motifs is 1. The Morgan fingerprint density at radius 1 is 0.879 bits per heavy atom. The SMILES string of the molecule is O=C(c1ccc(-c2ccc3c(c2)CCN3S(=O)(=O)c2cccc(F)c2)cc1)N1CCOCC1. The fourth-order valence-corrected chi connectivity index (χ4v) is 5.84. The van der Waals surface area contributed by atoms with Crippen LogP contribution in [0.2, 0.25) is 0 Å². The molecule has 0 N–H and O–H groups in total. The number of hydrogen-bond acceptors (Lipinski definition) is 4. The molecule has 2 aliphatic heterocycles. The van der Waals surface area contributed by atoms with Crippen LogP contribution in [-0.4, -0.2) is 52.1 Å². The number of carbonyl (C=O) groups is 1. The van der Waals surface area contributed by atoms with Crippen LogP contribution in [0.3, 0.4) is 0 Å². The molecule has 3 aromatic carbocycles. The Bertz CT molecular complexity index is 1300. The highest BCUT2D eigenvalue weighted by Gasteiger charge is 2.31. The number of nitrogens with zero attached hydrogens (tertiary/aromatic N) is 2. The molecular formula is C25H23FN2O4S. The van der Waals surface area contributed by atoms with Gasteiger partial charge in [0.15, 0.2) is 0 Å². The number of hydrogen-bond donors (Lipinski definition) is 0. The van der Waals surface area contributed by atoms with E-state index in [4.69, 9.17) is 4.74 Å². The number of amides is 1. The first kappa shape index (κ1) is 21.6. The van der Waals surface area contributed by atoms with Crippen molar-refractivity contribution in [3.63, 3.8) is 0 Å². The number of anilines is 1. The van der Waals surface area contributed by atoms with Crippen LogP contribution >= 0.6 is 0 Å². The third-order valence-electron chi connectivity index (χ3n) is 6.08. The van der Waals surface area contributed by atoms with Crippen molar-refractivity contribution in [2.45, 2.75) is 11.3 Å². The number of halogens is 1. The summed E-state index contributed by atoms with van der Waals surface area (Å²) in [7, 11) is -3.84. The lowest BCUT2D eigenvalue weighted by Crippen LogP contribution is -2.40. The van der Waals surface area contributed by atoms with Gasteiger partial charge in [-0.2, -0.15) is 0 Å². The topological polar surface area (TPSA) is 66.9 Å². The van der Waals surface area contributed by atoms with E-state index in [0.29, 0.717) is 50.5 Å². The van der Waals surface area contributed by atoms with Gasteiger partial charge in [-0.15, -0.1) is 0 Å². The summed E-state index contributed by atoms with van der Waals surface area (Å²) in [6, 6.07) is 18.2. The maximum Gasteiger partial charge on any atom is 0.264 e. The standard InChI is InChI=1S/C25H23FN2O4S/c26-22-2-1-3-23(17-22)33(30,31)28-11-10-21-16-20(8-9-24(21)28)18-4-6-19(7-5-18)25(29)27-12-14-32-15-13-27/h1-9,16-17H,10-15H2. The molecule has 6 nitrogen and oxygen atoms in total. The highest BCUT2D eigenvalue weighted by atomic mass is 32.2. The lowest BCUT2D eigenvalue weighted by atomic mass is 10.0. The molecule has 2 aliphatic rings. The summed E-state index contributed by atoms with van der Waals surface area (Å²) in [4.78, 5) is 14.4. The second kappa shape index (κ2) is 8.61. The molecular weight excluding hydrogens is 443 g/mol. The molecule has 1 fully saturated rings. The molecule has 3 aromatic rings. The average molecular weight is 467 g/mol. The minimum absolute atomic E-state index is 0.00278. The first-order valence-corrected chi connectivity index (χ1v) is 12.3. The fourth-order valence-electron chi connectivity index (χ4n) is 4.31. The molecule has 0 aromatic heterocycles. The van der Waals surface area contributed by atoms with Gasteiger partial charge in [-0.25, -0.2) is 12.8 Å². The second-order valence-corrected chi connectivity index (χ2v) is 9.97. The Morgan fingerprint density at radius 2 is 1.61 bits per heavy atom. The van der Waals surface area contributed by atoms with E-state index in [1.807, 2.05) is 36.4 Å². The van der Waals surface area contributed by atoms with Crippen molar-refractivity contribution < 1.29 is 22.3 Å². The van der Waals surface area contributed by atoms with Gasteiger partial charge in [-0.1, -0.05) is 24.3 Å². The largest absolute Gasteiger partial charge is 0.378 e. The van der Waals surface area contributed by atoms with Crippen LogP contribution in [0, 0.1) is 5.82 Å². The first-order valence-electron chi connectivity index (χ1n) is 10.8. The second-order valence-electron chi connectivity index (χ2n) is 8.11. The number of ether oxygens (including phenoxy) is 1. The monoisotopic (exact) mass is 466 g/mol. The Morgan fingerprint density at radius 3 is 2.33 bits per heavy atom. The third kappa shape index (κ3) is 4.12. The number of benzene rings is 3. The van der Waals surface area contributed by atoms with E-state index in [1.165, 1.54) is 22.5 Å². The van der Waals surface area contributed by atoms with Crippen molar-refractivity contribution in [1.82, 2.24) is 4.90 Å². The summed E-state index contributed by atoms with van der Waals surface area (Å²) in [6.07, 6.45) is 0.575. The Kier molecular flexibility index (Phi) is 5.64. The summed E-state index contributed by atoms with van der Waals surface area (Å²) in [5.41, 5.74) is 4.06. The van der Waals surface area contributed by atoms with Gasteiger partial charge >= 0.3 is 0 Å². The lowest BCUT2D eigenvalue weighted by Gasteiger charge is -2.26. The van der Waals surface area contributed by atoms with E-state index in [-0.39, 0.29) is 10.8 Å². The summed E-state index contributed by atoms with van der Waals surface area (Å²) in [5.74, 6) is -0.585. The van der Waals surface area contributed by atoms with Crippen LogP contribution < -0.4 is 4.31 Å². The van der Waals surface area contributed by atoms with Crippen LogP contribution in [-0.2, 0) is 21.2 Å². The van der Waals surface area contributed by atoms with Gasteiger partial charge in [0.1, 0.15) is 5.82 Å². The van der Waals surface area contributed by atoms with Crippen molar-refractivity contribution in [2.24, 2.45) is 0 Å². The minimum Gasteiger partial charge on any atom is -0.378 e. The molecule has 1 saturated heterocycles. The van der Waals surface area contributed by atoms with Gasteiger partial charge in [0, 0.05) is 25.2 Å². The molecule has 0 aliphatic carbocycles. The average Bonchev–Trinajstić information content (AvgIpc) is 3.28. The molecule has 8 heteroatoms. The number of morpholine rings is 1. The quantitative estimate of drug-likeness (QED) is 0.588. The van der Waals surface area contributed by atoms with Crippen LogP contribution in [0.15, 0.2) is 71.6 Å². The maximum absolute atomic E-state index is 13.6. The van der Waals surface area contributed by atoms with Gasteiger partial charge in [0.25, 0.3) is 15.9 Å². The van der Waals surface area contributed by atoms with Crippen molar-refractivity contribution in [3.8, 4) is 11.1 Å². The molecule has 0 unspecified atom stereocenters. The molecule has 0 bridgehead atoms. The molecule has 33 heavy (non-hydrogen) atoms. The van der Waals surface area contributed by atoms with Crippen LogP contribution in [0.25, 0.3) is 11.1 Å². The lowest BCUT2D eigenvalue weighted by molar-refractivity contribution is 0.0303. The molecule has 0 saturated carbocycles. The van der Waals surface area contributed by atoms with Gasteiger partial charge in [-0.3, -0.25) is 9.10 Å². The predicted octanol–water partition coefficient (Wildman–Crippen LogP) is 3.72. The fraction of sp³-hybridized carbons (Fsp3) is 0.240. The van der Waals surface area contributed by atoms with Crippen molar-refractivity contribution >= 4 is 21.6 Å². The summed E-state index contributed by atoms with van der Waals surface area (Å²) < 4.78 is 46.3. The Hall–Kier alpha value is -3.23. The molecule has 0 radical (unpaired) electrons. The van der Waals surface area contributed by atoms with Gasteiger partial charge < -0.3 is 9.64 Å². The number of sulfonamides is 1. The van der Waals surface area contributed by atoms with Crippen LogP contribution in [0.1, 0.15) is 15.9 Å². The summed E-state index contributed by atoms with van der Waals surface area (Å²) in [6.45, 7) is 2.63. The van der Waals surface area contributed by atoms with Crippen LogP contribution in [0.4, 0.5) is 10.1 Å². The molecule has 170 valence electrons. The maximum atomic E-state index is 13.6. The van der Waals surface area contributed by atoms with Gasteiger partial charge in [0.05, 0.1) is 23.8 Å². The van der Waals surface area contributed by atoms with Crippen LogP contribution in [0.5, 0.6) is 0 Å². The van der Waals surface area contributed by atoms with E-state index in [9.17, 15) is 17.6 Å². The first-order chi connectivity index (χ1) is 15.9. The van der Waals surface area contributed by atoms with Crippen molar-refractivity contribution in [2.75, 3.05) is 37.2 Å². The molecule has 5 rings (SSSR count). The van der Waals surface area contributed by atoms with E-state index < -0.39 is 15.8 Å². The zero-order valence-corrected chi connectivity index (χ0v) is 18.7. The third-order valence-corrected chi connectivity index (χ3v) is 7.89. The molecule has 0 spiro atoms. The van der Waals surface area contributed by atoms with E-state index in [1.54, 1.807) is 11.0 Å². The van der Waals surface area contributed by atoms with Crippen molar-refractivity contribution in [3.05, 3.63) is 83.7 Å². The molecule has 1 amide bonds. The molecule has 0 atom stereocenters. The van der Waals surface area contributed by atoms with E-state index >= 15 is 0 Å². The minimum atomic E-state index is -3.84. The van der Waals surface area contributed by atoms with E-state index in [0.717, 1.165) is 22.8 Å². The van der Waals surface area contributed by atoms with E-state index in [2.05, 4.69) is 0 Å². The smallest absolute Gasteiger partial charge is 0.264 e.